The van der Waals surface area contributed by atoms with E-state index in [2.05, 4.69) is 20.6 Å². The van der Waals surface area contributed by atoms with E-state index in [-0.39, 0.29) is 12.7 Å². The van der Waals surface area contributed by atoms with Gasteiger partial charge in [-0.3, -0.25) is 10.1 Å². The molecule has 7 nitrogen and oxygen atoms in total. The average molecular weight is 360 g/mol. The van der Waals surface area contributed by atoms with Crippen LogP contribution >= 0.6 is 22.7 Å². The molecule has 0 radical (unpaired) electrons. The molecule has 24 heavy (non-hydrogen) atoms. The van der Waals surface area contributed by atoms with Gasteiger partial charge in [0.2, 0.25) is 6.79 Å². The molecule has 1 aromatic carbocycles. The van der Waals surface area contributed by atoms with Crippen molar-refractivity contribution in [1.82, 2.24) is 9.97 Å². The van der Waals surface area contributed by atoms with Crippen molar-refractivity contribution in [2.24, 2.45) is 0 Å². The fourth-order valence-corrected chi connectivity index (χ4v) is 3.50. The predicted octanol–water partition coefficient (Wildman–Crippen LogP) is 3.63. The maximum absolute atomic E-state index is 12.2. The van der Waals surface area contributed by atoms with Gasteiger partial charge in [-0.2, -0.15) is 0 Å². The van der Waals surface area contributed by atoms with E-state index in [0.29, 0.717) is 21.7 Å². The van der Waals surface area contributed by atoms with Crippen molar-refractivity contribution < 1.29 is 14.3 Å². The summed E-state index contributed by atoms with van der Waals surface area (Å²) in [6.45, 7) is 2.11. The highest BCUT2D eigenvalue weighted by atomic mass is 32.1. The number of hydrogen-bond donors (Lipinski definition) is 2. The quantitative estimate of drug-likeness (QED) is 0.739. The number of rotatable bonds is 4. The third-order valence-electron chi connectivity index (χ3n) is 3.20. The Balaban J connectivity index is 1.45. The number of thiazole rings is 2. The van der Waals surface area contributed by atoms with Crippen molar-refractivity contribution in [3.8, 4) is 11.5 Å². The highest BCUT2D eigenvalue weighted by Gasteiger charge is 2.15. The minimum absolute atomic E-state index is 0.233. The number of aryl methyl sites for hydroxylation is 1. The molecule has 4 rings (SSSR count). The number of nitrogens with one attached hydrogen (secondary N) is 2. The van der Waals surface area contributed by atoms with E-state index in [0.717, 1.165) is 17.1 Å². The zero-order valence-corrected chi connectivity index (χ0v) is 14.2. The molecule has 2 aromatic heterocycles. The molecule has 0 spiro atoms. The monoisotopic (exact) mass is 360 g/mol. The maximum Gasteiger partial charge on any atom is 0.276 e. The van der Waals surface area contributed by atoms with Crippen LogP contribution in [0.2, 0.25) is 0 Å². The summed E-state index contributed by atoms with van der Waals surface area (Å²) in [5.74, 6) is 1.13. The summed E-state index contributed by atoms with van der Waals surface area (Å²) < 4.78 is 10.6. The van der Waals surface area contributed by atoms with Gasteiger partial charge in [0.05, 0.1) is 5.69 Å². The Morgan fingerprint density at radius 2 is 1.96 bits per heavy atom. The second-order valence-electron chi connectivity index (χ2n) is 4.98. The lowest BCUT2D eigenvalue weighted by Gasteiger charge is -2.03. The van der Waals surface area contributed by atoms with Gasteiger partial charge in [0.1, 0.15) is 5.69 Å². The summed E-state index contributed by atoms with van der Waals surface area (Å²) in [6.07, 6.45) is 0. The summed E-state index contributed by atoms with van der Waals surface area (Å²) >= 11 is 2.73. The summed E-state index contributed by atoms with van der Waals surface area (Å²) in [4.78, 5) is 20.7. The van der Waals surface area contributed by atoms with Gasteiger partial charge in [0.15, 0.2) is 21.8 Å². The third-order valence-corrected chi connectivity index (χ3v) is 4.83. The molecule has 0 aliphatic carbocycles. The molecule has 0 bridgehead atoms. The fourth-order valence-electron chi connectivity index (χ4n) is 2.11. The molecular weight excluding hydrogens is 348 g/mol. The van der Waals surface area contributed by atoms with Crippen LogP contribution < -0.4 is 20.1 Å². The van der Waals surface area contributed by atoms with E-state index in [1.807, 2.05) is 30.5 Å². The normalized spacial score (nSPS) is 12.2. The number of amides is 1. The van der Waals surface area contributed by atoms with Crippen molar-refractivity contribution in [3.63, 3.8) is 0 Å². The standard InChI is InChI=1S/C15H12N4O3S2/c1-8-5-23-14(16-8)19-13(20)10-6-24-15(18-10)17-9-2-3-11-12(4-9)22-7-21-11/h2-6H,7H2,1H3,(H,17,18)(H,16,19,20). The lowest BCUT2D eigenvalue weighted by atomic mass is 10.3. The topological polar surface area (TPSA) is 85.4 Å². The largest absolute Gasteiger partial charge is 0.454 e. The number of anilines is 3. The number of benzene rings is 1. The van der Waals surface area contributed by atoms with Crippen LogP contribution in [0.25, 0.3) is 0 Å². The molecule has 2 N–H and O–H groups in total. The summed E-state index contributed by atoms with van der Waals surface area (Å²) in [6, 6.07) is 5.53. The summed E-state index contributed by atoms with van der Waals surface area (Å²) in [5.41, 5.74) is 2.03. The Hall–Kier alpha value is -2.65. The fraction of sp³-hybridized carbons (Fsp3) is 0.133. The van der Waals surface area contributed by atoms with Crippen LogP contribution in [0, 0.1) is 6.92 Å². The molecule has 0 saturated carbocycles. The van der Waals surface area contributed by atoms with E-state index in [9.17, 15) is 4.79 Å². The van der Waals surface area contributed by atoms with Crippen molar-refractivity contribution in [1.29, 1.82) is 0 Å². The first kappa shape index (κ1) is 14.9. The lowest BCUT2D eigenvalue weighted by molar-refractivity contribution is 0.102. The Morgan fingerprint density at radius 1 is 1.12 bits per heavy atom. The van der Waals surface area contributed by atoms with Gasteiger partial charge < -0.3 is 14.8 Å². The van der Waals surface area contributed by atoms with Crippen molar-refractivity contribution in [2.75, 3.05) is 17.4 Å². The Morgan fingerprint density at radius 3 is 2.79 bits per heavy atom. The second-order valence-corrected chi connectivity index (χ2v) is 6.70. The smallest absolute Gasteiger partial charge is 0.276 e. The molecule has 0 atom stereocenters. The van der Waals surface area contributed by atoms with Gasteiger partial charge in [0.25, 0.3) is 5.91 Å². The molecular formula is C15H12N4O3S2. The predicted molar refractivity (Wildman–Crippen MR) is 92.8 cm³/mol. The number of carbonyl (C=O) groups excluding carboxylic acids is 1. The number of ether oxygens (including phenoxy) is 2. The first-order valence-corrected chi connectivity index (χ1v) is 8.79. The number of fused-ring (bicyclic) bond motifs is 1. The van der Waals surface area contributed by atoms with Crippen LogP contribution in [0.1, 0.15) is 16.2 Å². The molecule has 0 unspecified atom stereocenters. The van der Waals surface area contributed by atoms with Gasteiger partial charge in [0, 0.05) is 22.5 Å². The maximum atomic E-state index is 12.2. The molecule has 1 aliphatic heterocycles. The highest BCUT2D eigenvalue weighted by Crippen LogP contribution is 2.35. The molecule has 9 heteroatoms. The number of aromatic nitrogens is 2. The van der Waals surface area contributed by atoms with E-state index in [1.165, 1.54) is 22.7 Å². The van der Waals surface area contributed by atoms with Gasteiger partial charge in [-0.1, -0.05) is 0 Å². The van der Waals surface area contributed by atoms with Crippen LogP contribution in [0.5, 0.6) is 11.5 Å². The minimum atomic E-state index is -0.278. The minimum Gasteiger partial charge on any atom is -0.454 e. The summed E-state index contributed by atoms with van der Waals surface area (Å²) in [7, 11) is 0. The summed E-state index contributed by atoms with van der Waals surface area (Å²) in [5, 5.41) is 10.7. The molecule has 122 valence electrons. The van der Waals surface area contributed by atoms with Crippen molar-refractivity contribution in [2.45, 2.75) is 6.92 Å². The average Bonchev–Trinajstić information content (AvgIpc) is 3.28. The number of nitrogens with zero attached hydrogens (tertiary/aromatic N) is 2. The Kier molecular flexibility index (Phi) is 3.79. The van der Waals surface area contributed by atoms with Gasteiger partial charge in [-0.15, -0.1) is 22.7 Å². The molecule has 1 amide bonds. The van der Waals surface area contributed by atoms with Gasteiger partial charge >= 0.3 is 0 Å². The van der Waals surface area contributed by atoms with Crippen LogP contribution in [-0.4, -0.2) is 22.7 Å². The van der Waals surface area contributed by atoms with Crippen LogP contribution in [0.3, 0.4) is 0 Å². The third kappa shape index (κ3) is 3.03. The van der Waals surface area contributed by atoms with Crippen LogP contribution in [0.15, 0.2) is 29.0 Å². The Bertz CT molecular complexity index is 906. The highest BCUT2D eigenvalue weighted by molar-refractivity contribution is 7.14. The van der Waals surface area contributed by atoms with Gasteiger partial charge in [-0.05, 0) is 19.1 Å². The molecule has 3 aromatic rings. The Labute approximate surface area is 145 Å². The van der Waals surface area contributed by atoms with Crippen LogP contribution in [0.4, 0.5) is 16.0 Å². The van der Waals surface area contributed by atoms with E-state index in [4.69, 9.17) is 9.47 Å². The molecule has 0 saturated heterocycles. The molecule has 1 aliphatic rings. The second kappa shape index (κ2) is 6.10. The first-order chi connectivity index (χ1) is 11.7. The van der Waals surface area contributed by atoms with Crippen LogP contribution in [-0.2, 0) is 0 Å². The zero-order valence-electron chi connectivity index (χ0n) is 12.5. The van der Waals surface area contributed by atoms with E-state index >= 15 is 0 Å². The molecule has 0 fully saturated rings. The van der Waals surface area contributed by atoms with Gasteiger partial charge in [-0.25, -0.2) is 9.97 Å². The van der Waals surface area contributed by atoms with E-state index in [1.54, 1.807) is 5.38 Å². The zero-order chi connectivity index (χ0) is 16.5. The van der Waals surface area contributed by atoms with E-state index < -0.39 is 0 Å². The molecule has 3 heterocycles. The SMILES string of the molecule is Cc1csc(NC(=O)c2csc(Nc3ccc4c(c3)OCO4)n2)n1. The number of hydrogen-bond acceptors (Lipinski definition) is 8. The van der Waals surface area contributed by atoms with Crippen molar-refractivity contribution in [3.05, 3.63) is 40.3 Å². The number of carbonyl (C=O) groups is 1. The lowest BCUT2D eigenvalue weighted by Crippen LogP contribution is -2.12. The first-order valence-electron chi connectivity index (χ1n) is 7.03. The van der Waals surface area contributed by atoms with Crippen molar-refractivity contribution >= 4 is 44.5 Å².